The third kappa shape index (κ3) is 6.27. The van der Waals surface area contributed by atoms with E-state index < -0.39 is 0 Å². The van der Waals surface area contributed by atoms with E-state index in [0.29, 0.717) is 5.92 Å². The maximum Gasteiger partial charge on any atom is 0.0245 e. The molecular weight excluding hydrogens is 336 g/mol. The molecule has 0 bridgehead atoms. The first kappa shape index (κ1) is 20.7. The minimum absolute atomic E-state index is 0.569. The predicted octanol–water partition coefficient (Wildman–Crippen LogP) is 7.70. The topological polar surface area (TPSA) is 0 Å². The van der Waals surface area contributed by atoms with Gasteiger partial charge in [0.2, 0.25) is 0 Å². The highest BCUT2D eigenvalue weighted by atomic mass is 14.2. The summed E-state index contributed by atoms with van der Waals surface area (Å²) in [7, 11) is 0. The van der Waals surface area contributed by atoms with E-state index in [9.17, 15) is 0 Å². The Morgan fingerprint density at radius 3 is 2.07 bits per heavy atom. The van der Waals surface area contributed by atoms with Crippen LogP contribution in [0.2, 0.25) is 0 Å². The van der Waals surface area contributed by atoms with Crippen molar-refractivity contribution in [3.8, 4) is 11.8 Å². The second-order valence-electron chi connectivity index (χ2n) is 8.42. The Balaban J connectivity index is 1.46. The Bertz CT molecular complexity index is 746. The molecule has 2 aromatic carbocycles. The molecule has 0 aromatic heterocycles. The van der Waals surface area contributed by atoms with Gasteiger partial charge in [0.05, 0.1) is 0 Å². The van der Waals surface area contributed by atoms with Crippen LogP contribution >= 0.6 is 0 Å². The van der Waals surface area contributed by atoms with Crippen LogP contribution in [0.25, 0.3) is 0 Å². The largest absolute Gasteiger partial charge is 0.0945 e. The summed E-state index contributed by atoms with van der Waals surface area (Å²) in [5.41, 5.74) is 5.60. The van der Waals surface area contributed by atoms with Crippen molar-refractivity contribution < 1.29 is 0 Å². The third-order valence-electron chi connectivity index (χ3n) is 6.28. The molecule has 1 saturated carbocycles. The Labute approximate surface area is 172 Å². The fraction of sp³-hybridized carbons (Fsp3) is 0.500. The molecule has 148 valence electrons. The van der Waals surface area contributed by atoms with Crippen LogP contribution in [0.4, 0.5) is 0 Å². The minimum atomic E-state index is 0.569. The van der Waals surface area contributed by atoms with Crippen molar-refractivity contribution in [2.75, 3.05) is 0 Å². The lowest BCUT2D eigenvalue weighted by molar-refractivity contribution is 0.384. The van der Waals surface area contributed by atoms with Gasteiger partial charge in [-0.1, -0.05) is 81.3 Å². The monoisotopic (exact) mass is 372 g/mol. The Kier molecular flexibility index (Phi) is 8.23. The van der Waals surface area contributed by atoms with Crippen LogP contribution in [0, 0.1) is 17.8 Å². The van der Waals surface area contributed by atoms with E-state index in [1.54, 1.807) is 0 Å². The average Bonchev–Trinajstić information content (AvgIpc) is 2.76. The van der Waals surface area contributed by atoms with Gasteiger partial charge in [0, 0.05) is 11.5 Å². The number of hydrogen-bond acceptors (Lipinski definition) is 0. The molecule has 28 heavy (non-hydrogen) atoms. The normalized spacial score (nSPS) is 19.1. The van der Waals surface area contributed by atoms with Crippen LogP contribution in [0.1, 0.15) is 93.4 Å². The summed E-state index contributed by atoms with van der Waals surface area (Å²) >= 11 is 0. The van der Waals surface area contributed by atoms with Gasteiger partial charge in [-0.3, -0.25) is 0 Å². The van der Waals surface area contributed by atoms with E-state index in [1.807, 2.05) is 0 Å². The van der Waals surface area contributed by atoms with Gasteiger partial charge in [-0.25, -0.2) is 0 Å². The maximum absolute atomic E-state index is 3.56. The molecule has 1 fully saturated rings. The van der Waals surface area contributed by atoms with Crippen molar-refractivity contribution in [3.05, 3.63) is 70.8 Å². The summed E-state index contributed by atoms with van der Waals surface area (Å²) in [4.78, 5) is 0. The maximum atomic E-state index is 3.56. The summed E-state index contributed by atoms with van der Waals surface area (Å²) in [6, 6.07) is 18.3. The van der Waals surface area contributed by atoms with Crippen LogP contribution in [-0.4, -0.2) is 0 Å². The molecular formula is C28H36. The molecule has 0 atom stereocenters. The Morgan fingerprint density at radius 1 is 0.750 bits per heavy atom. The summed E-state index contributed by atoms with van der Waals surface area (Å²) in [5.74, 6) is 8.30. The molecule has 0 spiro atoms. The SMILES string of the molecule is CCCCCCc1ccc(C#C[C@H]2CC[C@H](c3ccc(CC)cc3)CC2)cc1. The quantitative estimate of drug-likeness (QED) is 0.345. The molecule has 0 saturated heterocycles. The van der Waals surface area contributed by atoms with E-state index in [-0.39, 0.29) is 0 Å². The molecule has 0 aliphatic heterocycles. The zero-order chi connectivity index (χ0) is 19.6. The van der Waals surface area contributed by atoms with Crippen molar-refractivity contribution >= 4 is 0 Å². The van der Waals surface area contributed by atoms with E-state index >= 15 is 0 Å². The van der Waals surface area contributed by atoms with Crippen molar-refractivity contribution in [2.45, 2.75) is 84.0 Å². The molecule has 0 radical (unpaired) electrons. The molecule has 2 aromatic rings. The van der Waals surface area contributed by atoms with E-state index in [1.165, 1.54) is 80.0 Å². The summed E-state index contributed by atoms with van der Waals surface area (Å²) < 4.78 is 0. The predicted molar refractivity (Wildman–Crippen MR) is 122 cm³/mol. The van der Waals surface area contributed by atoms with Crippen molar-refractivity contribution in [3.63, 3.8) is 0 Å². The lowest BCUT2D eigenvalue weighted by atomic mass is 9.79. The van der Waals surface area contributed by atoms with Gasteiger partial charge < -0.3 is 0 Å². The number of rotatable bonds is 7. The van der Waals surface area contributed by atoms with Gasteiger partial charge >= 0.3 is 0 Å². The van der Waals surface area contributed by atoms with Gasteiger partial charge in [-0.2, -0.15) is 0 Å². The first-order chi connectivity index (χ1) is 13.8. The first-order valence-corrected chi connectivity index (χ1v) is 11.5. The highest BCUT2D eigenvalue weighted by Gasteiger charge is 2.21. The van der Waals surface area contributed by atoms with Gasteiger partial charge in [-0.05, 0) is 79.7 Å². The standard InChI is InChI=1S/C28H36/c1-3-5-6-7-8-24-9-11-25(12-10-24)13-14-26-17-21-28(22-18-26)27-19-15-23(4-2)16-20-27/h9-12,15-16,19-20,26,28H,3-8,17-18,21-22H2,1-2H3/t26-,28-. The highest BCUT2D eigenvalue weighted by molar-refractivity contribution is 5.37. The fourth-order valence-electron chi connectivity index (χ4n) is 4.29. The second kappa shape index (κ2) is 11.1. The van der Waals surface area contributed by atoms with Crippen LogP contribution in [0.5, 0.6) is 0 Å². The highest BCUT2D eigenvalue weighted by Crippen LogP contribution is 2.35. The smallest absolute Gasteiger partial charge is 0.0245 e. The molecule has 0 amide bonds. The van der Waals surface area contributed by atoms with E-state index in [0.717, 1.165) is 12.3 Å². The van der Waals surface area contributed by atoms with Crippen LogP contribution < -0.4 is 0 Å². The third-order valence-corrected chi connectivity index (χ3v) is 6.28. The zero-order valence-corrected chi connectivity index (χ0v) is 17.8. The van der Waals surface area contributed by atoms with Crippen molar-refractivity contribution in [1.29, 1.82) is 0 Å². The number of unbranched alkanes of at least 4 members (excludes halogenated alkanes) is 3. The first-order valence-electron chi connectivity index (χ1n) is 11.5. The van der Waals surface area contributed by atoms with Gasteiger partial charge in [-0.15, -0.1) is 0 Å². The molecule has 1 aliphatic carbocycles. The van der Waals surface area contributed by atoms with Crippen molar-refractivity contribution in [2.24, 2.45) is 5.92 Å². The Morgan fingerprint density at radius 2 is 1.43 bits per heavy atom. The molecule has 1 aliphatic rings. The molecule has 3 rings (SSSR count). The van der Waals surface area contributed by atoms with Gasteiger partial charge in [0.25, 0.3) is 0 Å². The van der Waals surface area contributed by atoms with Crippen molar-refractivity contribution in [1.82, 2.24) is 0 Å². The van der Waals surface area contributed by atoms with Crippen LogP contribution in [0.15, 0.2) is 48.5 Å². The number of benzene rings is 2. The average molecular weight is 373 g/mol. The second-order valence-corrected chi connectivity index (χ2v) is 8.42. The fourth-order valence-corrected chi connectivity index (χ4v) is 4.29. The van der Waals surface area contributed by atoms with Gasteiger partial charge in [0.1, 0.15) is 0 Å². The molecule has 0 N–H and O–H groups in total. The molecule has 0 heterocycles. The number of hydrogen-bond donors (Lipinski definition) is 0. The summed E-state index contributed by atoms with van der Waals surface area (Å²) in [6.45, 7) is 4.49. The van der Waals surface area contributed by atoms with E-state index in [2.05, 4.69) is 74.2 Å². The lowest BCUT2D eigenvalue weighted by Crippen LogP contribution is -2.12. The van der Waals surface area contributed by atoms with Crippen LogP contribution in [0.3, 0.4) is 0 Å². The molecule has 0 nitrogen and oxygen atoms in total. The van der Waals surface area contributed by atoms with E-state index in [4.69, 9.17) is 0 Å². The molecule has 0 unspecified atom stereocenters. The zero-order valence-electron chi connectivity index (χ0n) is 17.8. The minimum Gasteiger partial charge on any atom is -0.0945 e. The summed E-state index contributed by atoms with van der Waals surface area (Å²) in [6.07, 6.45) is 12.7. The Hall–Kier alpha value is -2.00. The van der Waals surface area contributed by atoms with Crippen LogP contribution in [-0.2, 0) is 12.8 Å². The van der Waals surface area contributed by atoms with Gasteiger partial charge in [0.15, 0.2) is 0 Å². The molecule has 0 heteroatoms. The lowest BCUT2D eigenvalue weighted by Gasteiger charge is -2.26. The summed E-state index contributed by atoms with van der Waals surface area (Å²) in [5, 5.41) is 0. The number of aryl methyl sites for hydroxylation is 2.